The van der Waals surface area contributed by atoms with Gasteiger partial charge < -0.3 is 10.2 Å². The molecule has 0 spiro atoms. The second-order valence-electron chi connectivity index (χ2n) is 9.11. The van der Waals surface area contributed by atoms with Crippen LogP contribution >= 0.6 is 11.6 Å². The van der Waals surface area contributed by atoms with Crippen LogP contribution in [-0.2, 0) is 21.2 Å². The van der Waals surface area contributed by atoms with Crippen molar-refractivity contribution in [2.75, 3.05) is 38.0 Å². The summed E-state index contributed by atoms with van der Waals surface area (Å²) >= 11 is 5.62. The minimum Gasteiger partial charge on any atom is -0.339 e. The van der Waals surface area contributed by atoms with E-state index in [0.717, 1.165) is 25.0 Å². The van der Waals surface area contributed by atoms with E-state index < -0.39 is 28.1 Å². The number of anilines is 1. The van der Waals surface area contributed by atoms with E-state index >= 15 is 0 Å². The normalized spacial score (nSPS) is 18.5. The number of piperazine rings is 1. The van der Waals surface area contributed by atoms with Crippen LogP contribution in [0.25, 0.3) is 0 Å². The van der Waals surface area contributed by atoms with E-state index in [1.807, 2.05) is 11.0 Å². The van der Waals surface area contributed by atoms with Crippen LogP contribution in [0.5, 0.6) is 0 Å². The van der Waals surface area contributed by atoms with Crippen molar-refractivity contribution in [3.63, 3.8) is 0 Å². The summed E-state index contributed by atoms with van der Waals surface area (Å²) in [5, 5.41) is 2.05. The third-order valence-corrected chi connectivity index (χ3v) is 7.16. The van der Waals surface area contributed by atoms with Gasteiger partial charge in [0.1, 0.15) is 5.82 Å². The second-order valence-corrected chi connectivity index (χ2v) is 9.52. The van der Waals surface area contributed by atoms with Crippen molar-refractivity contribution in [1.82, 2.24) is 9.80 Å². The Balaban J connectivity index is 1.35. The van der Waals surface area contributed by atoms with Crippen LogP contribution in [0.4, 0.5) is 23.2 Å². The van der Waals surface area contributed by atoms with E-state index in [0.29, 0.717) is 44.6 Å². The smallest absolute Gasteiger partial charge is 0.339 e. The topological polar surface area (TPSA) is 52.7 Å². The van der Waals surface area contributed by atoms with E-state index in [1.165, 1.54) is 18.2 Å². The first-order valence-electron chi connectivity index (χ1n) is 11.5. The van der Waals surface area contributed by atoms with Crippen molar-refractivity contribution in [1.29, 1.82) is 0 Å². The van der Waals surface area contributed by atoms with Gasteiger partial charge in [0.15, 0.2) is 0 Å². The maximum Gasteiger partial charge on any atom is 0.417 e. The molecule has 1 heterocycles. The molecule has 5 nitrogen and oxygen atoms in total. The van der Waals surface area contributed by atoms with Gasteiger partial charge in [0.25, 0.3) is 0 Å². The number of carbonyl (C=O) groups is 2. The number of benzene rings is 2. The Morgan fingerprint density at radius 2 is 1.69 bits per heavy atom. The summed E-state index contributed by atoms with van der Waals surface area (Å²) in [5.74, 6) is -0.821. The number of alkyl halides is 3. The third kappa shape index (κ3) is 5.62. The molecule has 188 valence electrons. The fraction of sp³-hybridized carbons (Fsp3) is 0.440. The predicted octanol–water partition coefficient (Wildman–Crippen LogP) is 5.09. The van der Waals surface area contributed by atoms with Crippen LogP contribution in [0.15, 0.2) is 42.5 Å². The van der Waals surface area contributed by atoms with Gasteiger partial charge in [-0.05, 0) is 48.7 Å². The Morgan fingerprint density at radius 3 is 2.31 bits per heavy atom. The van der Waals surface area contributed by atoms with Gasteiger partial charge in [-0.1, -0.05) is 36.6 Å². The van der Waals surface area contributed by atoms with Gasteiger partial charge in [-0.3, -0.25) is 14.5 Å². The molecular weight excluding hydrogens is 486 g/mol. The van der Waals surface area contributed by atoms with Crippen molar-refractivity contribution in [2.45, 2.75) is 37.3 Å². The Kier molecular flexibility index (Phi) is 7.38. The predicted molar refractivity (Wildman–Crippen MR) is 125 cm³/mol. The van der Waals surface area contributed by atoms with Gasteiger partial charge in [-0.15, -0.1) is 0 Å². The zero-order valence-corrected chi connectivity index (χ0v) is 19.8. The number of nitrogens with zero attached hydrogens (tertiary/aromatic N) is 2. The summed E-state index contributed by atoms with van der Waals surface area (Å²) in [6.07, 6.45) is -1.45. The maximum atomic E-state index is 13.9. The molecule has 1 saturated heterocycles. The Bertz CT molecular complexity index is 1090. The van der Waals surface area contributed by atoms with Gasteiger partial charge in [0.2, 0.25) is 11.8 Å². The first kappa shape index (κ1) is 25.4. The molecule has 2 aliphatic rings. The van der Waals surface area contributed by atoms with Crippen molar-refractivity contribution < 1.29 is 27.2 Å². The largest absolute Gasteiger partial charge is 0.417 e. The zero-order chi connectivity index (χ0) is 25.2. The van der Waals surface area contributed by atoms with Crippen molar-refractivity contribution in [2.24, 2.45) is 0 Å². The molecule has 2 fully saturated rings. The minimum atomic E-state index is -4.62. The summed E-state index contributed by atoms with van der Waals surface area (Å²) in [6.45, 7) is 1.73. The number of hydrogen-bond acceptors (Lipinski definition) is 3. The first-order valence-corrected chi connectivity index (χ1v) is 11.9. The van der Waals surface area contributed by atoms with E-state index in [-0.39, 0.29) is 24.0 Å². The molecule has 0 atom stereocenters. The van der Waals surface area contributed by atoms with E-state index in [4.69, 9.17) is 11.6 Å². The van der Waals surface area contributed by atoms with Crippen LogP contribution in [0.1, 0.15) is 36.8 Å². The molecule has 0 unspecified atom stereocenters. The molecular formula is C25H26ClF4N3O2. The standard InChI is InChI=1S/C25H26ClF4N3O2/c26-21-7-6-19(15-20(21)25(28,29)30)31-22(34)16-32-10-12-33(13-11-32)23(35)24(8-1-2-9-24)17-4-3-5-18(27)14-17/h3-7,14-15H,1-2,8-13,16H2,(H,31,34). The molecule has 0 bridgehead atoms. The van der Waals surface area contributed by atoms with E-state index in [9.17, 15) is 27.2 Å². The summed E-state index contributed by atoms with van der Waals surface area (Å²) < 4.78 is 53.0. The Morgan fingerprint density at radius 1 is 1.00 bits per heavy atom. The number of amides is 2. The highest BCUT2D eigenvalue weighted by atomic mass is 35.5. The highest BCUT2D eigenvalue weighted by molar-refractivity contribution is 6.31. The summed E-state index contributed by atoms with van der Waals surface area (Å²) in [7, 11) is 0. The molecule has 1 N–H and O–H groups in total. The number of halogens is 5. The molecule has 1 saturated carbocycles. The van der Waals surface area contributed by atoms with Crippen LogP contribution in [-0.4, -0.2) is 54.3 Å². The molecule has 1 aliphatic carbocycles. The second kappa shape index (κ2) is 10.1. The SMILES string of the molecule is O=C(CN1CCN(C(=O)C2(c3cccc(F)c3)CCCC2)CC1)Nc1ccc(Cl)c(C(F)(F)F)c1. The average Bonchev–Trinajstić information content (AvgIpc) is 3.31. The Labute approximate surface area is 206 Å². The number of nitrogens with one attached hydrogen (secondary N) is 1. The molecule has 35 heavy (non-hydrogen) atoms. The van der Waals surface area contributed by atoms with Gasteiger partial charge in [0, 0.05) is 31.9 Å². The molecule has 0 radical (unpaired) electrons. The number of carbonyl (C=O) groups excluding carboxylic acids is 2. The van der Waals surface area contributed by atoms with Gasteiger partial charge >= 0.3 is 6.18 Å². The van der Waals surface area contributed by atoms with Gasteiger partial charge in [0.05, 0.1) is 22.5 Å². The summed E-state index contributed by atoms with van der Waals surface area (Å²) in [5.41, 5.74) is -1.00. The monoisotopic (exact) mass is 511 g/mol. The van der Waals surface area contributed by atoms with Gasteiger partial charge in [-0.25, -0.2) is 4.39 Å². The summed E-state index contributed by atoms with van der Waals surface area (Å²) in [4.78, 5) is 29.6. The van der Waals surface area contributed by atoms with E-state index in [2.05, 4.69) is 5.32 Å². The third-order valence-electron chi connectivity index (χ3n) is 6.83. The number of rotatable bonds is 5. The lowest BCUT2D eigenvalue weighted by Crippen LogP contribution is -2.55. The molecule has 0 aromatic heterocycles. The quantitative estimate of drug-likeness (QED) is 0.569. The lowest BCUT2D eigenvalue weighted by Gasteiger charge is -2.40. The molecule has 1 aliphatic heterocycles. The fourth-order valence-corrected chi connectivity index (χ4v) is 5.25. The average molecular weight is 512 g/mol. The summed E-state index contributed by atoms with van der Waals surface area (Å²) in [6, 6.07) is 9.49. The molecule has 2 aromatic rings. The molecule has 10 heteroatoms. The first-order chi connectivity index (χ1) is 16.6. The van der Waals surface area contributed by atoms with E-state index in [1.54, 1.807) is 11.0 Å². The lowest BCUT2D eigenvalue weighted by atomic mass is 9.77. The Hall–Kier alpha value is -2.65. The van der Waals surface area contributed by atoms with Crippen LogP contribution < -0.4 is 5.32 Å². The van der Waals surface area contributed by atoms with Crippen LogP contribution in [0, 0.1) is 5.82 Å². The van der Waals surface area contributed by atoms with Crippen LogP contribution in [0.2, 0.25) is 5.02 Å². The van der Waals surface area contributed by atoms with Crippen molar-refractivity contribution >= 4 is 29.1 Å². The van der Waals surface area contributed by atoms with Crippen molar-refractivity contribution in [3.8, 4) is 0 Å². The minimum absolute atomic E-state index is 0.00875. The fourth-order valence-electron chi connectivity index (χ4n) is 5.03. The van der Waals surface area contributed by atoms with Gasteiger partial charge in [-0.2, -0.15) is 13.2 Å². The highest BCUT2D eigenvalue weighted by Crippen LogP contribution is 2.43. The van der Waals surface area contributed by atoms with Crippen molar-refractivity contribution in [3.05, 3.63) is 64.4 Å². The zero-order valence-electron chi connectivity index (χ0n) is 19.0. The van der Waals surface area contributed by atoms with Crippen LogP contribution in [0.3, 0.4) is 0 Å². The number of hydrogen-bond donors (Lipinski definition) is 1. The molecule has 4 rings (SSSR count). The lowest BCUT2D eigenvalue weighted by molar-refractivity contribution is -0.139. The highest BCUT2D eigenvalue weighted by Gasteiger charge is 2.45. The molecule has 2 aromatic carbocycles. The maximum absolute atomic E-state index is 13.9. The molecule has 2 amide bonds.